The van der Waals surface area contributed by atoms with Crippen molar-refractivity contribution in [2.45, 2.75) is 6.92 Å². The molecule has 2 N–H and O–H groups in total. The summed E-state index contributed by atoms with van der Waals surface area (Å²) in [6.07, 6.45) is 0. The van der Waals surface area contributed by atoms with Gasteiger partial charge in [0.05, 0.1) is 0 Å². The van der Waals surface area contributed by atoms with Crippen LogP contribution in [0.4, 0.5) is 0 Å². The largest absolute Gasteiger partial charge is 0.509 e. The van der Waals surface area contributed by atoms with Gasteiger partial charge in [-0.2, -0.15) is 0 Å². The first kappa shape index (κ1) is 17.5. The van der Waals surface area contributed by atoms with E-state index in [1.54, 1.807) is 0 Å². The summed E-state index contributed by atoms with van der Waals surface area (Å²) in [6, 6.07) is 29.4. The standard InChI is InChI=1S/C15H14O2.C7H8/c16-11-14(17)15(12-7-3-1-4-8-12)13-9-5-2-6-10-13;1-7-5-3-2-4-6-7/h1-10,16-17H,11H2;2-6H,1H3. The lowest BCUT2D eigenvalue weighted by atomic mass is 9.97. The predicted molar refractivity (Wildman–Crippen MR) is 99.8 cm³/mol. The Bertz CT molecular complexity index is 706. The van der Waals surface area contributed by atoms with Gasteiger partial charge in [-0.15, -0.1) is 0 Å². The van der Waals surface area contributed by atoms with Crippen LogP contribution < -0.4 is 0 Å². The summed E-state index contributed by atoms with van der Waals surface area (Å²) in [5.74, 6) is -0.0117. The molecule has 0 saturated carbocycles. The van der Waals surface area contributed by atoms with Crippen LogP contribution in [-0.4, -0.2) is 16.8 Å². The van der Waals surface area contributed by atoms with E-state index in [0.717, 1.165) is 11.1 Å². The number of hydrogen-bond donors (Lipinski definition) is 2. The molecular formula is C22H22O2. The molecule has 0 atom stereocenters. The lowest BCUT2D eigenvalue weighted by molar-refractivity contribution is 0.255. The van der Waals surface area contributed by atoms with Gasteiger partial charge in [0.1, 0.15) is 12.4 Å². The predicted octanol–water partition coefficient (Wildman–Crippen LogP) is 4.99. The molecule has 0 fully saturated rings. The van der Waals surface area contributed by atoms with E-state index in [9.17, 15) is 5.11 Å². The van der Waals surface area contributed by atoms with Gasteiger partial charge in [0.25, 0.3) is 0 Å². The third-order valence-corrected chi connectivity index (χ3v) is 3.50. The highest BCUT2D eigenvalue weighted by Gasteiger charge is 2.09. The van der Waals surface area contributed by atoms with E-state index in [4.69, 9.17) is 5.11 Å². The Hall–Kier alpha value is -2.84. The number of aryl methyl sites for hydroxylation is 1. The summed E-state index contributed by atoms with van der Waals surface area (Å²) in [6.45, 7) is 1.72. The van der Waals surface area contributed by atoms with E-state index < -0.39 is 0 Å². The van der Waals surface area contributed by atoms with Crippen LogP contribution in [0.1, 0.15) is 16.7 Å². The zero-order chi connectivity index (χ0) is 17.2. The molecule has 3 aromatic carbocycles. The molecule has 0 spiro atoms. The van der Waals surface area contributed by atoms with Crippen molar-refractivity contribution in [1.82, 2.24) is 0 Å². The van der Waals surface area contributed by atoms with Crippen molar-refractivity contribution >= 4 is 5.57 Å². The van der Waals surface area contributed by atoms with Crippen molar-refractivity contribution in [2.24, 2.45) is 0 Å². The smallest absolute Gasteiger partial charge is 0.126 e. The maximum atomic E-state index is 9.85. The molecule has 0 radical (unpaired) electrons. The molecule has 24 heavy (non-hydrogen) atoms. The fourth-order valence-corrected chi connectivity index (χ4v) is 2.32. The first-order valence-corrected chi connectivity index (χ1v) is 7.88. The number of aliphatic hydroxyl groups excluding tert-OH is 2. The van der Waals surface area contributed by atoms with Crippen molar-refractivity contribution in [3.8, 4) is 0 Å². The first-order valence-electron chi connectivity index (χ1n) is 7.88. The summed E-state index contributed by atoms with van der Waals surface area (Å²) >= 11 is 0. The van der Waals surface area contributed by atoms with E-state index in [-0.39, 0.29) is 12.4 Å². The second-order valence-corrected chi connectivity index (χ2v) is 5.37. The molecule has 0 aliphatic rings. The zero-order valence-electron chi connectivity index (χ0n) is 13.8. The van der Waals surface area contributed by atoms with Crippen molar-refractivity contribution in [1.29, 1.82) is 0 Å². The molecule has 2 heteroatoms. The Morgan fingerprint density at radius 1 is 0.667 bits per heavy atom. The van der Waals surface area contributed by atoms with Crippen LogP contribution in [0.3, 0.4) is 0 Å². The van der Waals surface area contributed by atoms with E-state index >= 15 is 0 Å². The molecule has 0 aliphatic heterocycles. The molecule has 122 valence electrons. The minimum atomic E-state index is -0.362. The maximum Gasteiger partial charge on any atom is 0.126 e. The molecule has 0 unspecified atom stereocenters. The summed E-state index contributed by atoms with van der Waals surface area (Å²) in [4.78, 5) is 0. The average molecular weight is 318 g/mol. The molecule has 3 rings (SSSR count). The molecule has 0 saturated heterocycles. The van der Waals surface area contributed by atoms with Crippen LogP contribution in [0.5, 0.6) is 0 Å². The molecule has 0 amide bonds. The van der Waals surface area contributed by atoms with Gasteiger partial charge in [-0.05, 0) is 18.1 Å². The molecule has 0 heterocycles. The normalized spacial score (nSPS) is 9.58. The van der Waals surface area contributed by atoms with Gasteiger partial charge in [0, 0.05) is 5.57 Å². The van der Waals surface area contributed by atoms with Crippen molar-refractivity contribution in [3.05, 3.63) is 113 Å². The highest BCUT2D eigenvalue weighted by molar-refractivity contribution is 5.81. The number of aliphatic hydroxyl groups is 2. The van der Waals surface area contributed by atoms with E-state index in [1.807, 2.05) is 78.9 Å². The van der Waals surface area contributed by atoms with E-state index in [0.29, 0.717) is 5.57 Å². The van der Waals surface area contributed by atoms with Crippen LogP contribution in [-0.2, 0) is 0 Å². The topological polar surface area (TPSA) is 40.5 Å². The fourth-order valence-electron chi connectivity index (χ4n) is 2.32. The highest BCUT2D eigenvalue weighted by atomic mass is 16.3. The quantitative estimate of drug-likeness (QED) is 0.668. The summed E-state index contributed by atoms with van der Waals surface area (Å²) in [5.41, 5.74) is 3.78. The summed E-state index contributed by atoms with van der Waals surface area (Å²) in [5, 5.41) is 19.0. The maximum absolute atomic E-state index is 9.85. The van der Waals surface area contributed by atoms with Crippen LogP contribution in [0, 0.1) is 6.92 Å². The third-order valence-electron chi connectivity index (χ3n) is 3.50. The molecule has 0 aliphatic carbocycles. The SMILES string of the molecule is Cc1ccccc1.OCC(O)=C(c1ccccc1)c1ccccc1. The third kappa shape index (κ3) is 5.11. The minimum absolute atomic E-state index is 0.0117. The fraction of sp³-hybridized carbons (Fsp3) is 0.0909. The molecule has 0 bridgehead atoms. The van der Waals surface area contributed by atoms with E-state index in [1.165, 1.54) is 5.56 Å². The monoisotopic (exact) mass is 318 g/mol. The second kappa shape index (κ2) is 9.33. The number of rotatable bonds is 3. The Labute approximate surface area is 143 Å². The molecule has 2 nitrogen and oxygen atoms in total. The van der Waals surface area contributed by atoms with Crippen LogP contribution in [0.2, 0.25) is 0 Å². The lowest BCUT2D eigenvalue weighted by Crippen LogP contribution is -1.97. The van der Waals surface area contributed by atoms with Gasteiger partial charge < -0.3 is 10.2 Å². The van der Waals surface area contributed by atoms with Gasteiger partial charge in [-0.1, -0.05) is 96.6 Å². The van der Waals surface area contributed by atoms with Gasteiger partial charge in [-0.25, -0.2) is 0 Å². The second-order valence-electron chi connectivity index (χ2n) is 5.37. The minimum Gasteiger partial charge on any atom is -0.509 e. The molecule has 3 aromatic rings. The first-order chi connectivity index (χ1) is 11.7. The van der Waals surface area contributed by atoms with Crippen LogP contribution in [0.25, 0.3) is 5.57 Å². The average Bonchev–Trinajstić information content (AvgIpc) is 2.65. The van der Waals surface area contributed by atoms with Crippen LogP contribution in [0.15, 0.2) is 96.8 Å². The Kier molecular flexibility index (Phi) is 6.81. The van der Waals surface area contributed by atoms with Crippen molar-refractivity contribution in [2.75, 3.05) is 6.61 Å². The Balaban J connectivity index is 0.000000249. The summed E-state index contributed by atoms with van der Waals surface area (Å²) in [7, 11) is 0. The molecule has 0 aromatic heterocycles. The van der Waals surface area contributed by atoms with Crippen molar-refractivity contribution < 1.29 is 10.2 Å². The van der Waals surface area contributed by atoms with Gasteiger partial charge in [-0.3, -0.25) is 0 Å². The van der Waals surface area contributed by atoms with Gasteiger partial charge in [0.15, 0.2) is 0 Å². The van der Waals surface area contributed by atoms with Gasteiger partial charge in [0.2, 0.25) is 0 Å². The Morgan fingerprint density at radius 3 is 1.33 bits per heavy atom. The number of benzene rings is 3. The molecular weight excluding hydrogens is 296 g/mol. The summed E-state index contributed by atoms with van der Waals surface area (Å²) < 4.78 is 0. The lowest BCUT2D eigenvalue weighted by Gasteiger charge is -2.10. The Morgan fingerprint density at radius 2 is 1.04 bits per heavy atom. The van der Waals surface area contributed by atoms with E-state index in [2.05, 4.69) is 19.1 Å². The van der Waals surface area contributed by atoms with Gasteiger partial charge >= 0.3 is 0 Å². The number of hydrogen-bond acceptors (Lipinski definition) is 2. The zero-order valence-corrected chi connectivity index (χ0v) is 13.8. The van der Waals surface area contributed by atoms with Crippen molar-refractivity contribution in [3.63, 3.8) is 0 Å². The highest BCUT2D eigenvalue weighted by Crippen LogP contribution is 2.25. The van der Waals surface area contributed by atoms with Crippen LogP contribution >= 0.6 is 0 Å².